The van der Waals surface area contributed by atoms with Gasteiger partial charge in [0.05, 0.1) is 22.6 Å². The van der Waals surface area contributed by atoms with Gasteiger partial charge in [-0.2, -0.15) is 10.2 Å². The number of aromatic nitrogens is 4. The Morgan fingerprint density at radius 2 is 2.18 bits per heavy atom. The number of rotatable bonds is 4. The third-order valence-electron chi connectivity index (χ3n) is 2.34. The van der Waals surface area contributed by atoms with Gasteiger partial charge in [-0.1, -0.05) is 18.5 Å². The standard InChI is InChI=1S/C11H14ClN5/c1-3-13-6-9-4-5-11(15-14-9)17-7-10(12)8(2)16-17/h4-5,7,13H,3,6H2,1-2H3. The Bertz CT molecular complexity index is 472. The molecule has 1 N–H and O–H groups in total. The predicted molar refractivity (Wildman–Crippen MR) is 66.3 cm³/mol. The molecule has 0 spiro atoms. The molecule has 0 aliphatic heterocycles. The van der Waals surface area contributed by atoms with Crippen molar-refractivity contribution in [3.05, 3.63) is 34.7 Å². The highest BCUT2D eigenvalue weighted by atomic mass is 35.5. The van der Waals surface area contributed by atoms with Gasteiger partial charge in [0, 0.05) is 6.54 Å². The van der Waals surface area contributed by atoms with Gasteiger partial charge in [-0.3, -0.25) is 0 Å². The van der Waals surface area contributed by atoms with Gasteiger partial charge >= 0.3 is 0 Å². The summed E-state index contributed by atoms with van der Waals surface area (Å²) in [7, 11) is 0. The number of nitrogens with zero attached hydrogens (tertiary/aromatic N) is 4. The zero-order valence-electron chi connectivity index (χ0n) is 9.81. The van der Waals surface area contributed by atoms with Gasteiger partial charge in [0.2, 0.25) is 0 Å². The van der Waals surface area contributed by atoms with Crippen molar-refractivity contribution in [2.24, 2.45) is 0 Å². The van der Waals surface area contributed by atoms with Crippen LogP contribution in [0.25, 0.3) is 5.82 Å². The van der Waals surface area contributed by atoms with E-state index in [1.54, 1.807) is 10.9 Å². The second kappa shape index (κ2) is 5.25. The van der Waals surface area contributed by atoms with Crippen molar-refractivity contribution in [3.63, 3.8) is 0 Å². The van der Waals surface area contributed by atoms with Crippen LogP contribution in [0.15, 0.2) is 18.3 Å². The molecule has 5 nitrogen and oxygen atoms in total. The van der Waals surface area contributed by atoms with Crippen LogP contribution in [0.5, 0.6) is 0 Å². The van der Waals surface area contributed by atoms with Crippen LogP contribution < -0.4 is 5.32 Å². The molecule has 0 radical (unpaired) electrons. The highest BCUT2D eigenvalue weighted by Crippen LogP contribution is 2.14. The molecule has 0 aromatic carbocycles. The highest BCUT2D eigenvalue weighted by molar-refractivity contribution is 6.31. The van der Waals surface area contributed by atoms with Gasteiger partial charge < -0.3 is 5.32 Å². The monoisotopic (exact) mass is 251 g/mol. The van der Waals surface area contributed by atoms with E-state index in [1.165, 1.54) is 0 Å². The van der Waals surface area contributed by atoms with Crippen LogP contribution in [-0.4, -0.2) is 26.5 Å². The Labute approximate surface area is 105 Å². The van der Waals surface area contributed by atoms with Crippen LogP contribution >= 0.6 is 11.6 Å². The number of halogens is 1. The van der Waals surface area contributed by atoms with E-state index in [0.29, 0.717) is 10.8 Å². The smallest absolute Gasteiger partial charge is 0.175 e. The molecule has 17 heavy (non-hydrogen) atoms. The van der Waals surface area contributed by atoms with Crippen molar-refractivity contribution in [1.29, 1.82) is 0 Å². The van der Waals surface area contributed by atoms with E-state index in [0.717, 1.165) is 24.5 Å². The van der Waals surface area contributed by atoms with Gasteiger partial charge in [0.25, 0.3) is 0 Å². The van der Waals surface area contributed by atoms with E-state index in [9.17, 15) is 0 Å². The predicted octanol–water partition coefficient (Wildman–Crippen LogP) is 1.73. The molecule has 0 aliphatic carbocycles. The van der Waals surface area contributed by atoms with E-state index >= 15 is 0 Å². The second-order valence-corrected chi connectivity index (χ2v) is 4.08. The Kier molecular flexibility index (Phi) is 3.71. The lowest BCUT2D eigenvalue weighted by atomic mass is 10.4. The zero-order chi connectivity index (χ0) is 12.3. The first kappa shape index (κ1) is 12.0. The minimum Gasteiger partial charge on any atom is -0.311 e. The molecule has 0 amide bonds. The summed E-state index contributed by atoms with van der Waals surface area (Å²) < 4.78 is 1.63. The van der Waals surface area contributed by atoms with Gasteiger partial charge in [-0.05, 0) is 25.6 Å². The molecular formula is C11H14ClN5. The molecule has 90 valence electrons. The van der Waals surface area contributed by atoms with E-state index in [-0.39, 0.29) is 0 Å². The molecule has 0 aliphatic rings. The fraction of sp³-hybridized carbons (Fsp3) is 0.364. The Morgan fingerprint density at radius 3 is 2.71 bits per heavy atom. The average Bonchev–Trinajstić information content (AvgIpc) is 2.68. The quantitative estimate of drug-likeness (QED) is 0.899. The highest BCUT2D eigenvalue weighted by Gasteiger charge is 2.05. The molecule has 2 aromatic rings. The summed E-state index contributed by atoms with van der Waals surface area (Å²) in [6, 6.07) is 3.80. The summed E-state index contributed by atoms with van der Waals surface area (Å²) in [5.41, 5.74) is 1.69. The Morgan fingerprint density at radius 1 is 1.35 bits per heavy atom. The lowest BCUT2D eigenvalue weighted by Crippen LogP contribution is -2.13. The molecule has 2 rings (SSSR count). The number of hydrogen-bond acceptors (Lipinski definition) is 4. The summed E-state index contributed by atoms with van der Waals surface area (Å²) in [6.07, 6.45) is 1.73. The molecule has 0 bridgehead atoms. The van der Waals surface area contributed by atoms with Crippen LogP contribution in [-0.2, 0) is 6.54 Å². The maximum atomic E-state index is 5.94. The molecular weight excluding hydrogens is 238 g/mol. The van der Waals surface area contributed by atoms with Crippen molar-refractivity contribution in [2.75, 3.05) is 6.54 Å². The first-order chi connectivity index (χ1) is 8.20. The van der Waals surface area contributed by atoms with E-state index in [2.05, 4.69) is 27.5 Å². The molecule has 2 heterocycles. The summed E-state index contributed by atoms with van der Waals surface area (Å²) in [4.78, 5) is 0. The largest absolute Gasteiger partial charge is 0.311 e. The maximum absolute atomic E-state index is 5.94. The summed E-state index contributed by atoms with van der Waals surface area (Å²) >= 11 is 5.94. The third-order valence-corrected chi connectivity index (χ3v) is 2.71. The lowest BCUT2D eigenvalue weighted by Gasteiger charge is -2.02. The van der Waals surface area contributed by atoms with Crippen LogP contribution in [0, 0.1) is 6.92 Å². The summed E-state index contributed by atoms with van der Waals surface area (Å²) in [5, 5.41) is 16.3. The van der Waals surface area contributed by atoms with E-state index in [4.69, 9.17) is 11.6 Å². The van der Waals surface area contributed by atoms with Crippen LogP contribution in [0.4, 0.5) is 0 Å². The van der Waals surface area contributed by atoms with E-state index < -0.39 is 0 Å². The molecule has 2 aromatic heterocycles. The van der Waals surface area contributed by atoms with Crippen molar-refractivity contribution < 1.29 is 0 Å². The number of hydrogen-bond donors (Lipinski definition) is 1. The maximum Gasteiger partial charge on any atom is 0.175 e. The SMILES string of the molecule is CCNCc1ccc(-n2cc(Cl)c(C)n2)nn1. The first-order valence-electron chi connectivity index (χ1n) is 5.46. The molecule has 0 saturated heterocycles. The number of aryl methyl sites for hydroxylation is 1. The van der Waals surface area contributed by atoms with Gasteiger partial charge in [-0.25, -0.2) is 4.68 Å². The summed E-state index contributed by atoms with van der Waals surface area (Å²) in [6.45, 7) is 5.54. The van der Waals surface area contributed by atoms with Crippen LogP contribution in [0.3, 0.4) is 0 Å². The molecule has 0 atom stereocenters. The molecule has 0 fully saturated rings. The van der Waals surface area contributed by atoms with Crippen molar-refractivity contribution in [2.45, 2.75) is 20.4 Å². The molecule has 0 saturated carbocycles. The second-order valence-electron chi connectivity index (χ2n) is 3.67. The summed E-state index contributed by atoms with van der Waals surface area (Å²) in [5.74, 6) is 0.667. The average molecular weight is 252 g/mol. The number of nitrogens with one attached hydrogen (secondary N) is 1. The van der Waals surface area contributed by atoms with Crippen LogP contribution in [0.2, 0.25) is 5.02 Å². The normalized spacial score (nSPS) is 10.8. The Hall–Kier alpha value is -1.46. The lowest BCUT2D eigenvalue weighted by molar-refractivity contribution is 0.691. The van der Waals surface area contributed by atoms with Crippen LogP contribution in [0.1, 0.15) is 18.3 Å². The minimum absolute atomic E-state index is 0.628. The minimum atomic E-state index is 0.628. The fourth-order valence-electron chi connectivity index (χ4n) is 1.38. The first-order valence-corrected chi connectivity index (χ1v) is 5.84. The zero-order valence-corrected chi connectivity index (χ0v) is 10.6. The van der Waals surface area contributed by atoms with Gasteiger partial charge in [-0.15, -0.1) is 5.10 Å². The topological polar surface area (TPSA) is 55.6 Å². The fourth-order valence-corrected chi connectivity index (χ4v) is 1.51. The Balaban J connectivity index is 2.17. The molecule has 6 heteroatoms. The van der Waals surface area contributed by atoms with Crippen molar-refractivity contribution >= 4 is 11.6 Å². The van der Waals surface area contributed by atoms with E-state index in [1.807, 2.05) is 19.1 Å². The van der Waals surface area contributed by atoms with Crippen molar-refractivity contribution in [1.82, 2.24) is 25.3 Å². The third kappa shape index (κ3) is 2.81. The van der Waals surface area contributed by atoms with Gasteiger partial charge in [0.15, 0.2) is 5.82 Å². The molecule has 0 unspecified atom stereocenters. The van der Waals surface area contributed by atoms with Gasteiger partial charge in [0.1, 0.15) is 0 Å². The van der Waals surface area contributed by atoms with Crippen molar-refractivity contribution in [3.8, 4) is 5.82 Å².